The standard InChI is InChI=1S/C27H23NO3/c1-31-20-15-13-18(14-16-20)17-28-25(22-10-4-5-11-24(22)27(28)30)26(29)23-12-6-8-19-7-2-3-9-21(19)23/h2-16,25-26,29H,17H2,1H3/t25-,26-/m1/s1. The molecule has 0 radical (unpaired) electrons. The van der Waals surface area contributed by atoms with E-state index in [2.05, 4.69) is 0 Å². The Labute approximate surface area is 181 Å². The van der Waals surface area contributed by atoms with Crippen molar-refractivity contribution in [3.8, 4) is 5.75 Å². The van der Waals surface area contributed by atoms with E-state index in [0.29, 0.717) is 12.1 Å². The van der Waals surface area contributed by atoms with E-state index in [4.69, 9.17) is 4.74 Å². The molecule has 154 valence electrons. The molecule has 0 aliphatic carbocycles. The van der Waals surface area contributed by atoms with Crippen LogP contribution >= 0.6 is 0 Å². The van der Waals surface area contributed by atoms with Crippen LogP contribution in [-0.2, 0) is 6.54 Å². The second-order valence-electron chi connectivity index (χ2n) is 7.83. The van der Waals surface area contributed by atoms with Gasteiger partial charge < -0.3 is 14.7 Å². The molecular weight excluding hydrogens is 386 g/mol. The maximum Gasteiger partial charge on any atom is 0.255 e. The first-order valence-corrected chi connectivity index (χ1v) is 10.4. The SMILES string of the molecule is COc1ccc(CN2C(=O)c3ccccc3[C@@H]2[C@H](O)c2cccc3ccccc23)cc1. The van der Waals surface area contributed by atoms with Crippen molar-refractivity contribution in [2.24, 2.45) is 0 Å². The highest BCUT2D eigenvalue weighted by Gasteiger charge is 2.41. The highest BCUT2D eigenvalue weighted by molar-refractivity contribution is 5.99. The molecule has 4 heteroatoms. The first-order valence-electron chi connectivity index (χ1n) is 10.4. The third kappa shape index (κ3) is 3.35. The lowest BCUT2D eigenvalue weighted by atomic mass is 9.92. The fraction of sp³-hybridized carbons (Fsp3) is 0.148. The molecule has 0 fully saturated rings. The molecule has 31 heavy (non-hydrogen) atoms. The largest absolute Gasteiger partial charge is 0.497 e. The summed E-state index contributed by atoms with van der Waals surface area (Å²) >= 11 is 0. The van der Waals surface area contributed by atoms with Gasteiger partial charge in [-0.1, -0.05) is 72.8 Å². The Morgan fingerprint density at radius 1 is 0.903 bits per heavy atom. The van der Waals surface area contributed by atoms with E-state index < -0.39 is 12.1 Å². The van der Waals surface area contributed by atoms with Gasteiger partial charge in [0, 0.05) is 12.1 Å². The second-order valence-corrected chi connectivity index (χ2v) is 7.83. The normalized spacial score (nSPS) is 16.4. The van der Waals surface area contributed by atoms with Crippen LogP contribution in [0.15, 0.2) is 91.0 Å². The van der Waals surface area contributed by atoms with Gasteiger partial charge in [-0.05, 0) is 45.7 Å². The summed E-state index contributed by atoms with van der Waals surface area (Å²) in [4.78, 5) is 15.1. The topological polar surface area (TPSA) is 49.8 Å². The van der Waals surface area contributed by atoms with Gasteiger partial charge >= 0.3 is 0 Å². The summed E-state index contributed by atoms with van der Waals surface area (Å²) in [6.45, 7) is 0.407. The molecule has 0 saturated carbocycles. The van der Waals surface area contributed by atoms with Crippen LogP contribution in [0, 0.1) is 0 Å². The van der Waals surface area contributed by atoms with E-state index in [-0.39, 0.29) is 5.91 Å². The van der Waals surface area contributed by atoms with E-state index in [1.807, 2.05) is 91.0 Å². The fourth-order valence-electron chi connectivity index (χ4n) is 4.52. The van der Waals surface area contributed by atoms with Crippen LogP contribution in [0.3, 0.4) is 0 Å². The molecule has 1 aliphatic heterocycles. The summed E-state index contributed by atoms with van der Waals surface area (Å²) in [6.07, 6.45) is -0.850. The molecular formula is C27H23NO3. The number of aliphatic hydroxyl groups is 1. The Hall–Kier alpha value is -3.63. The minimum atomic E-state index is -0.850. The molecule has 5 rings (SSSR count). The van der Waals surface area contributed by atoms with Crippen molar-refractivity contribution in [3.05, 3.63) is 113 Å². The summed E-state index contributed by atoms with van der Waals surface area (Å²) in [5.74, 6) is 0.711. The van der Waals surface area contributed by atoms with E-state index in [0.717, 1.165) is 33.2 Å². The predicted octanol–water partition coefficient (Wildman–Crippen LogP) is 5.28. The number of benzene rings is 4. The van der Waals surface area contributed by atoms with Crippen LogP contribution in [0.25, 0.3) is 10.8 Å². The highest BCUT2D eigenvalue weighted by Crippen LogP contribution is 2.44. The van der Waals surface area contributed by atoms with Gasteiger partial charge in [0.15, 0.2) is 0 Å². The number of fused-ring (bicyclic) bond motifs is 2. The monoisotopic (exact) mass is 409 g/mol. The second kappa shape index (κ2) is 7.89. The Morgan fingerprint density at radius 3 is 2.42 bits per heavy atom. The van der Waals surface area contributed by atoms with E-state index in [1.54, 1.807) is 12.0 Å². The number of hydrogen-bond acceptors (Lipinski definition) is 3. The van der Waals surface area contributed by atoms with Gasteiger partial charge in [-0.2, -0.15) is 0 Å². The van der Waals surface area contributed by atoms with Crippen LogP contribution in [0.1, 0.15) is 39.2 Å². The molecule has 1 N–H and O–H groups in total. The number of carbonyl (C=O) groups is 1. The lowest BCUT2D eigenvalue weighted by Gasteiger charge is -2.30. The molecule has 0 saturated heterocycles. The molecule has 4 nitrogen and oxygen atoms in total. The van der Waals surface area contributed by atoms with Crippen molar-refractivity contribution in [1.29, 1.82) is 0 Å². The first-order chi connectivity index (χ1) is 15.2. The first kappa shape index (κ1) is 19.3. The smallest absolute Gasteiger partial charge is 0.255 e. The van der Waals surface area contributed by atoms with Gasteiger partial charge in [-0.25, -0.2) is 0 Å². The average molecular weight is 409 g/mol. The number of aliphatic hydroxyl groups excluding tert-OH is 1. The molecule has 2 atom stereocenters. The molecule has 0 bridgehead atoms. The zero-order valence-corrected chi connectivity index (χ0v) is 17.2. The van der Waals surface area contributed by atoms with Crippen LogP contribution in [0.2, 0.25) is 0 Å². The zero-order valence-electron chi connectivity index (χ0n) is 17.2. The van der Waals surface area contributed by atoms with Crippen molar-refractivity contribution in [2.75, 3.05) is 7.11 Å². The summed E-state index contributed by atoms with van der Waals surface area (Å²) in [7, 11) is 1.63. The lowest BCUT2D eigenvalue weighted by molar-refractivity contribution is 0.0404. The Bertz CT molecular complexity index is 1240. The van der Waals surface area contributed by atoms with Crippen molar-refractivity contribution in [3.63, 3.8) is 0 Å². The van der Waals surface area contributed by atoms with Gasteiger partial charge in [0.25, 0.3) is 5.91 Å². The van der Waals surface area contributed by atoms with Crippen LogP contribution in [-0.4, -0.2) is 23.0 Å². The predicted molar refractivity (Wildman–Crippen MR) is 121 cm³/mol. The summed E-state index contributed by atoms with van der Waals surface area (Å²) < 4.78 is 5.25. The number of amides is 1. The van der Waals surface area contributed by atoms with Gasteiger partial charge in [0.2, 0.25) is 0 Å². The number of hydrogen-bond donors (Lipinski definition) is 1. The summed E-state index contributed by atoms with van der Waals surface area (Å²) in [6, 6.07) is 28.8. The third-order valence-electron chi connectivity index (χ3n) is 6.06. The molecule has 0 unspecified atom stereocenters. The summed E-state index contributed by atoms with van der Waals surface area (Å²) in [5.41, 5.74) is 3.33. The summed E-state index contributed by atoms with van der Waals surface area (Å²) in [5, 5.41) is 13.7. The fourth-order valence-corrected chi connectivity index (χ4v) is 4.52. The number of nitrogens with zero attached hydrogens (tertiary/aromatic N) is 1. The molecule has 1 heterocycles. The minimum Gasteiger partial charge on any atom is -0.497 e. The molecule has 1 aliphatic rings. The van der Waals surface area contributed by atoms with Gasteiger partial charge in [0.05, 0.1) is 13.2 Å². The number of ether oxygens (including phenoxy) is 1. The maximum absolute atomic E-state index is 13.3. The van der Waals surface area contributed by atoms with Crippen molar-refractivity contribution in [2.45, 2.75) is 18.7 Å². The maximum atomic E-state index is 13.3. The van der Waals surface area contributed by atoms with Gasteiger partial charge in [0.1, 0.15) is 11.9 Å². The van der Waals surface area contributed by atoms with Crippen LogP contribution < -0.4 is 4.74 Å². The molecule has 4 aromatic carbocycles. The lowest BCUT2D eigenvalue weighted by Crippen LogP contribution is -2.31. The average Bonchev–Trinajstić information content (AvgIpc) is 3.10. The van der Waals surface area contributed by atoms with E-state index >= 15 is 0 Å². The zero-order chi connectivity index (χ0) is 21.4. The Morgan fingerprint density at radius 2 is 1.61 bits per heavy atom. The van der Waals surface area contributed by atoms with Crippen molar-refractivity contribution in [1.82, 2.24) is 4.90 Å². The molecule has 1 amide bonds. The number of rotatable bonds is 5. The van der Waals surface area contributed by atoms with E-state index in [1.165, 1.54) is 0 Å². The highest BCUT2D eigenvalue weighted by atomic mass is 16.5. The van der Waals surface area contributed by atoms with Gasteiger partial charge in [-0.3, -0.25) is 4.79 Å². The molecule has 0 spiro atoms. The van der Waals surface area contributed by atoms with Crippen LogP contribution in [0.5, 0.6) is 5.75 Å². The third-order valence-corrected chi connectivity index (χ3v) is 6.06. The number of carbonyl (C=O) groups excluding carboxylic acids is 1. The van der Waals surface area contributed by atoms with E-state index in [9.17, 15) is 9.90 Å². The van der Waals surface area contributed by atoms with Gasteiger partial charge in [-0.15, -0.1) is 0 Å². The molecule has 0 aromatic heterocycles. The van der Waals surface area contributed by atoms with Crippen molar-refractivity contribution >= 4 is 16.7 Å². The van der Waals surface area contributed by atoms with Crippen molar-refractivity contribution < 1.29 is 14.6 Å². The van der Waals surface area contributed by atoms with Crippen LogP contribution in [0.4, 0.5) is 0 Å². The Kier molecular flexibility index (Phi) is 4.92. The Balaban J connectivity index is 1.58. The quantitative estimate of drug-likeness (QED) is 0.488. The number of methoxy groups -OCH3 is 1. The molecule has 4 aromatic rings. The minimum absolute atomic E-state index is 0.0595.